The minimum Gasteiger partial charge on any atom is -0.507 e. The zero-order chi connectivity index (χ0) is 24.9. The van der Waals surface area contributed by atoms with Crippen LogP contribution in [0.1, 0.15) is 22.7 Å². The van der Waals surface area contributed by atoms with Crippen LogP contribution in [0.5, 0.6) is 11.5 Å². The number of nitrogens with zero attached hydrogens (tertiary/aromatic N) is 2. The van der Waals surface area contributed by atoms with Gasteiger partial charge >= 0.3 is 5.91 Å². The highest BCUT2D eigenvalue weighted by Gasteiger charge is 2.48. The number of carbonyl (C=O) groups is 2. The number of phenolic OH excluding ortho intramolecular Hbond substituents is 1. The zero-order valence-electron chi connectivity index (χ0n) is 18.7. The maximum Gasteiger partial charge on any atom is 0.301 e. The van der Waals surface area contributed by atoms with Gasteiger partial charge in [0.2, 0.25) is 0 Å². The van der Waals surface area contributed by atoms with Gasteiger partial charge in [0, 0.05) is 5.56 Å². The number of amides is 1. The van der Waals surface area contributed by atoms with Crippen molar-refractivity contribution in [3.05, 3.63) is 88.7 Å². The minimum absolute atomic E-state index is 0.123. The second-order valence-electron chi connectivity index (χ2n) is 8.07. The predicted octanol–water partition coefficient (Wildman–Crippen LogP) is 5.08. The number of aliphatic hydroxyl groups excluding tert-OH is 1. The zero-order valence-corrected chi connectivity index (χ0v) is 19.5. The third kappa shape index (κ3) is 3.79. The number of hydrogen-bond acceptors (Lipinski definition) is 7. The average Bonchev–Trinajstić information content (AvgIpc) is 3.37. The van der Waals surface area contributed by atoms with E-state index in [0.29, 0.717) is 11.1 Å². The van der Waals surface area contributed by atoms with E-state index >= 15 is 0 Å². The van der Waals surface area contributed by atoms with Crippen molar-refractivity contribution in [2.45, 2.75) is 13.0 Å². The molecule has 1 aliphatic heterocycles. The molecule has 9 heteroatoms. The maximum absolute atomic E-state index is 13.5. The summed E-state index contributed by atoms with van der Waals surface area (Å²) in [6, 6.07) is 14.0. The van der Waals surface area contributed by atoms with E-state index < -0.39 is 29.3 Å². The van der Waals surface area contributed by atoms with Gasteiger partial charge in [-0.25, -0.2) is 9.37 Å². The smallest absolute Gasteiger partial charge is 0.301 e. The van der Waals surface area contributed by atoms with E-state index in [1.165, 1.54) is 53.7 Å². The summed E-state index contributed by atoms with van der Waals surface area (Å²) >= 11 is 1.24. The molecular formula is C26H19FN2O5S. The summed E-state index contributed by atoms with van der Waals surface area (Å²) in [4.78, 5) is 32.4. The highest BCUT2D eigenvalue weighted by atomic mass is 32.1. The Morgan fingerprint density at radius 1 is 1.09 bits per heavy atom. The van der Waals surface area contributed by atoms with Gasteiger partial charge in [0.1, 0.15) is 11.6 Å². The summed E-state index contributed by atoms with van der Waals surface area (Å²) in [6.45, 7) is 1.94. The number of aromatic nitrogens is 1. The molecule has 7 nitrogen and oxygen atoms in total. The number of rotatable bonds is 4. The second-order valence-corrected chi connectivity index (χ2v) is 9.08. The van der Waals surface area contributed by atoms with Crippen molar-refractivity contribution in [1.82, 2.24) is 4.98 Å². The number of Topliss-reactive ketones (excluding diaryl/α,β-unsaturated/α-hetero) is 1. The van der Waals surface area contributed by atoms with Crippen LogP contribution >= 0.6 is 11.3 Å². The summed E-state index contributed by atoms with van der Waals surface area (Å²) in [7, 11) is 1.38. The van der Waals surface area contributed by atoms with Crippen LogP contribution in [0.4, 0.5) is 9.52 Å². The largest absolute Gasteiger partial charge is 0.507 e. The molecule has 35 heavy (non-hydrogen) atoms. The Labute approximate surface area is 203 Å². The third-order valence-corrected chi connectivity index (χ3v) is 6.84. The molecule has 4 aromatic rings. The van der Waals surface area contributed by atoms with Gasteiger partial charge in [0.05, 0.1) is 28.9 Å². The summed E-state index contributed by atoms with van der Waals surface area (Å²) in [5.41, 5.74) is 2.10. The molecule has 0 saturated carbocycles. The standard InChI is InChI=1S/C26H19FN2O5S/c1-13-3-9-17-20(11-13)35-26(28-17)29-22(15-6-10-18(30)19(12-15)34-2)21(24(32)25(29)33)23(31)14-4-7-16(27)8-5-14/h3-12,22,30-31H,1-2H3/b23-21+. The molecular weight excluding hydrogens is 471 g/mol. The van der Waals surface area contributed by atoms with Crippen LogP contribution in [0.15, 0.2) is 66.2 Å². The Morgan fingerprint density at radius 3 is 2.54 bits per heavy atom. The van der Waals surface area contributed by atoms with Gasteiger partial charge < -0.3 is 14.9 Å². The summed E-state index contributed by atoms with van der Waals surface area (Å²) in [6.07, 6.45) is 0. The molecule has 0 spiro atoms. The van der Waals surface area contributed by atoms with Crippen LogP contribution in [0.3, 0.4) is 0 Å². The number of ketones is 1. The molecule has 5 rings (SSSR count). The first-order valence-electron chi connectivity index (χ1n) is 10.6. The lowest BCUT2D eigenvalue weighted by Gasteiger charge is -2.23. The average molecular weight is 491 g/mol. The second kappa shape index (κ2) is 8.52. The Balaban J connectivity index is 1.75. The normalized spacial score (nSPS) is 17.3. The van der Waals surface area contributed by atoms with E-state index in [-0.39, 0.29) is 27.8 Å². The van der Waals surface area contributed by atoms with Gasteiger partial charge in [-0.1, -0.05) is 23.5 Å². The number of hydrogen-bond donors (Lipinski definition) is 2. The molecule has 3 aromatic carbocycles. The van der Waals surface area contributed by atoms with Crippen LogP contribution in [-0.2, 0) is 9.59 Å². The van der Waals surface area contributed by atoms with Crippen molar-refractivity contribution < 1.29 is 28.9 Å². The first-order chi connectivity index (χ1) is 16.8. The van der Waals surface area contributed by atoms with Gasteiger partial charge in [-0.05, 0) is 66.6 Å². The molecule has 1 aromatic heterocycles. The fourth-order valence-corrected chi connectivity index (χ4v) is 5.19. The van der Waals surface area contributed by atoms with Crippen LogP contribution < -0.4 is 9.64 Å². The van der Waals surface area contributed by atoms with Gasteiger partial charge in [-0.2, -0.15) is 0 Å². The Kier molecular flexibility index (Phi) is 5.49. The number of benzene rings is 3. The number of aliphatic hydroxyl groups is 1. The molecule has 2 N–H and O–H groups in total. The number of phenols is 1. The maximum atomic E-state index is 13.5. The molecule has 176 valence electrons. The summed E-state index contributed by atoms with van der Waals surface area (Å²) in [5.74, 6) is -2.70. The molecule has 1 saturated heterocycles. The first kappa shape index (κ1) is 22.5. The van der Waals surface area contributed by atoms with E-state index in [1.807, 2.05) is 25.1 Å². The first-order valence-corrected chi connectivity index (χ1v) is 11.4. The Morgan fingerprint density at radius 2 is 1.83 bits per heavy atom. The van der Waals surface area contributed by atoms with Crippen LogP contribution in [0.2, 0.25) is 0 Å². The highest BCUT2D eigenvalue weighted by Crippen LogP contribution is 2.45. The van der Waals surface area contributed by atoms with Crippen LogP contribution in [0.25, 0.3) is 16.0 Å². The van der Waals surface area contributed by atoms with Gasteiger partial charge in [0.15, 0.2) is 16.6 Å². The van der Waals surface area contributed by atoms with Gasteiger partial charge in [-0.15, -0.1) is 0 Å². The summed E-state index contributed by atoms with van der Waals surface area (Å²) in [5, 5.41) is 21.5. The molecule has 1 atom stereocenters. The van der Waals surface area contributed by atoms with Crippen LogP contribution in [0, 0.1) is 12.7 Å². The van der Waals surface area contributed by atoms with E-state index in [1.54, 1.807) is 0 Å². The topological polar surface area (TPSA) is 100.0 Å². The monoisotopic (exact) mass is 490 g/mol. The van der Waals surface area contributed by atoms with E-state index in [0.717, 1.165) is 22.4 Å². The van der Waals surface area contributed by atoms with Crippen molar-refractivity contribution in [3.63, 3.8) is 0 Å². The van der Waals surface area contributed by atoms with Gasteiger partial charge in [0.25, 0.3) is 5.78 Å². The number of ether oxygens (including phenoxy) is 1. The fraction of sp³-hybridized carbons (Fsp3) is 0.115. The van der Waals surface area contributed by atoms with Crippen molar-refractivity contribution in [1.29, 1.82) is 0 Å². The van der Waals surface area contributed by atoms with Crippen molar-refractivity contribution in [3.8, 4) is 11.5 Å². The van der Waals surface area contributed by atoms with Crippen LogP contribution in [-0.4, -0.2) is 34.0 Å². The number of methoxy groups -OCH3 is 1. The Hall–Kier alpha value is -4.24. The van der Waals surface area contributed by atoms with Crippen molar-refractivity contribution in [2.24, 2.45) is 0 Å². The number of aryl methyl sites for hydroxylation is 1. The van der Waals surface area contributed by atoms with E-state index in [2.05, 4.69) is 4.98 Å². The lowest BCUT2D eigenvalue weighted by molar-refractivity contribution is -0.132. The number of fused-ring (bicyclic) bond motifs is 1. The molecule has 1 amide bonds. The minimum atomic E-state index is -1.06. The molecule has 1 unspecified atom stereocenters. The molecule has 1 aliphatic rings. The molecule has 0 radical (unpaired) electrons. The molecule has 0 bridgehead atoms. The summed E-state index contributed by atoms with van der Waals surface area (Å²) < 4.78 is 19.5. The number of aromatic hydroxyl groups is 1. The molecule has 1 fully saturated rings. The Bertz CT molecular complexity index is 1530. The molecule has 2 heterocycles. The molecule has 0 aliphatic carbocycles. The van der Waals surface area contributed by atoms with E-state index in [9.17, 15) is 24.2 Å². The fourth-order valence-electron chi connectivity index (χ4n) is 4.10. The SMILES string of the molecule is COc1cc(C2/C(=C(\O)c3ccc(F)cc3)C(=O)C(=O)N2c2nc3ccc(C)cc3s2)ccc1O. The number of halogens is 1. The van der Waals surface area contributed by atoms with Crippen molar-refractivity contribution in [2.75, 3.05) is 12.0 Å². The number of anilines is 1. The predicted molar refractivity (Wildman–Crippen MR) is 130 cm³/mol. The van der Waals surface area contributed by atoms with Crippen molar-refractivity contribution >= 4 is 44.1 Å². The third-order valence-electron chi connectivity index (χ3n) is 5.82. The lowest BCUT2D eigenvalue weighted by Crippen LogP contribution is -2.29. The number of carbonyl (C=O) groups excluding carboxylic acids is 2. The highest BCUT2D eigenvalue weighted by molar-refractivity contribution is 7.22. The number of thiazole rings is 1. The van der Waals surface area contributed by atoms with Gasteiger partial charge in [-0.3, -0.25) is 14.5 Å². The quantitative estimate of drug-likeness (QED) is 0.235. The van der Waals surface area contributed by atoms with E-state index in [4.69, 9.17) is 4.74 Å². The lowest BCUT2D eigenvalue weighted by atomic mass is 9.95.